The van der Waals surface area contributed by atoms with Crippen molar-refractivity contribution in [2.24, 2.45) is 5.73 Å². The molecule has 1 aliphatic heterocycles. The average Bonchev–Trinajstić information content (AvgIpc) is 2.83. The molecule has 0 amide bonds. The monoisotopic (exact) mass is 309 g/mol. The van der Waals surface area contributed by atoms with Crippen LogP contribution in [0.4, 0.5) is 0 Å². The van der Waals surface area contributed by atoms with E-state index in [0.717, 1.165) is 4.31 Å². The Balaban J connectivity index is 2.37. The maximum Gasteiger partial charge on any atom is 0.325 e. The lowest BCUT2D eigenvalue weighted by Crippen LogP contribution is -2.50. The maximum absolute atomic E-state index is 12.6. The molecule has 1 aromatic carbocycles. The number of nitriles is 1. The third-order valence-electron chi connectivity index (χ3n) is 3.61. The molecular formula is C13H15N3O4S. The van der Waals surface area contributed by atoms with Crippen LogP contribution in [0, 0.1) is 18.3 Å². The molecule has 8 heteroatoms. The maximum atomic E-state index is 12.6. The number of nitrogens with zero attached hydrogens (tertiary/aromatic N) is 2. The van der Waals surface area contributed by atoms with E-state index in [0.29, 0.717) is 11.1 Å². The Morgan fingerprint density at radius 3 is 2.67 bits per heavy atom. The molecule has 112 valence electrons. The van der Waals surface area contributed by atoms with Gasteiger partial charge in [-0.15, -0.1) is 0 Å². The van der Waals surface area contributed by atoms with Crippen molar-refractivity contribution in [2.45, 2.75) is 23.8 Å². The van der Waals surface area contributed by atoms with Crippen molar-refractivity contribution < 1.29 is 18.3 Å². The quantitative estimate of drug-likeness (QED) is 0.812. The average molecular weight is 309 g/mol. The summed E-state index contributed by atoms with van der Waals surface area (Å²) in [6.45, 7) is 1.39. The Labute approximate surface area is 122 Å². The second-order valence-electron chi connectivity index (χ2n) is 5.14. The van der Waals surface area contributed by atoms with Gasteiger partial charge in [-0.3, -0.25) is 4.79 Å². The lowest BCUT2D eigenvalue weighted by atomic mass is 10.0. The number of aryl methyl sites for hydroxylation is 1. The van der Waals surface area contributed by atoms with Gasteiger partial charge in [0.05, 0.1) is 16.5 Å². The number of rotatable bonds is 3. The molecule has 1 fully saturated rings. The standard InChI is InChI=1S/C13H15N3O4S/c1-9-6-10(7-14)2-3-11(9)21(19,20)16-5-4-13(15,8-16)12(17)18/h2-3,6H,4-5,8,15H2,1H3,(H,17,18). The van der Waals surface area contributed by atoms with Gasteiger partial charge in [-0.2, -0.15) is 9.57 Å². The summed E-state index contributed by atoms with van der Waals surface area (Å²) in [7, 11) is -3.82. The predicted molar refractivity (Wildman–Crippen MR) is 73.8 cm³/mol. The van der Waals surface area contributed by atoms with Crippen molar-refractivity contribution in [1.82, 2.24) is 4.31 Å². The first-order chi connectivity index (χ1) is 9.70. The first-order valence-corrected chi connectivity index (χ1v) is 7.68. The summed E-state index contributed by atoms with van der Waals surface area (Å²) in [5, 5.41) is 17.9. The van der Waals surface area contributed by atoms with Gasteiger partial charge in [-0.1, -0.05) is 0 Å². The fourth-order valence-corrected chi connectivity index (χ4v) is 4.04. The number of benzene rings is 1. The van der Waals surface area contributed by atoms with Crippen LogP contribution in [-0.2, 0) is 14.8 Å². The highest BCUT2D eigenvalue weighted by atomic mass is 32.2. The van der Waals surface area contributed by atoms with E-state index in [1.165, 1.54) is 18.2 Å². The summed E-state index contributed by atoms with van der Waals surface area (Å²) in [5.74, 6) is -1.21. The molecule has 1 atom stereocenters. The van der Waals surface area contributed by atoms with Crippen LogP contribution in [0.15, 0.2) is 23.1 Å². The van der Waals surface area contributed by atoms with E-state index >= 15 is 0 Å². The highest BCUT2D eigenvalue weighted by molar-refractivity contribution is 7.89. The Morgan fingerprint density at radius 2 is 2.19 bits per heavy atom. The van der Waals surface area contributed by atoms with Gasteiger partial charge in [0, 0.05) is 13.1 Å². The molecule has 1 aliphatic rings. The summed E-state index contributed by atoms with van der Waals surface area (Å²) in [6.07, 6.45) is 0.0664. The van der Waals surface area contributed by atoms with E-state index in [4.69, 9.17) is 16.1 Å². The van der Waals surface area contributed by atoms with Crippen LogP contribution in [0.3, 0.4) is 0 Å². The molecule has 0 spiro atoms. The highest BCUT2D eigenvalue weighted by Crippen LogP contribution is 2.27. The van der Waals surface area contributed by atoms with E-state index in [2.05, 4.69) is 0 Å². The molecule has 21 heavy (non-hydrogen) atoms. The van der Waals surface area contributed by atoms with Crippen molar-refractivity contribution in [3.05, 3.63) is 29.3 Å². The molecule has 1 heterocycles. The summed E-state index contributed by atoms with van der Waals surface area (Å²) in [6, 6.07) is 6.20. The fraction of sp³-hybridized carbons (Fsp3) is 0.385. The summed E-state index contributed by atoms with van der Waals surface area (Å²) in [4.78, 5) is 11.2. The lowest BCUT2D eigenvalue weighted by Gasteiger charge is -2.20. The molecule has 0 bridgehead atoms. The zero-order chi connectivity index (χ0) is 15.8. The van der Waals surface area contributed by atoms with E-state index in [9.17, 15) is 13.2 Å². The summed E-state index contributed by atoms with van der Waals surface area (Å²) < 4.78 is 26.2. The van der Waals surface area contributed by atoms with Crippen LogP contribution < -0.4 is 5.73 Å². The Bertz CT molecular complexity index is 738. The number of hydrogen-bond donors (Lipinski definition) is 2. The molecule has 1 saturated heterocycles. The van der Waals surface area contributed by atoms with Gasteiger partial charge in [-0.25, -0.2) is 8.42 Å². The number of nitrogens with two attached hydrogens (primary N) is 1. The minimum Gasteiger partial charge on any atom is -0.480 e. The molecule has 1 aromatic rings. The van der Waals surface area contributed by atoms with Crippen LogP contribution in [0.1, 0.15) is 17.5 Å². The van der Waals surface area contributed by atoms with Gasteiger partial charge in [0.15, 0.2) is 0 Å². The van der Waals surface area contributed by atoms with Gasteiger partial charge in [0.25, 0.3) is 0 Å². The number of aliphatic carboxylic acids is 1. The van der Waals surface area contributed by atoms with E-state index < -0.39 is 21.5 Å². The van der Waals surface area contributed by atoms with Crippen molar-refractivity contribution in [2.75, 3.05) is 13.1 Å². The van der Waals surface area contributed by atoms with E-state index in [1.807, 2.05) is 6.07 Å². The Morgan fingerprint density at radius 1 is 1.52 bits per heavy atom. The molecule has 0 radical (unpaired) electrons. The normalized spacial score (nSPS) is 22.9. The molecule has 1 unspecified atom stereocenters. The third kappa shape index (κ3) is 2.63. The molecule has 0 aromatic heterocycles. The lowest BCUT2D eigenvalue weighted by molar-refractivity contribution is -0.142. The molecular weight excluding hydrogens is 294 g/mol. The van der Waals surface area contributed by atoms with Crippen LogP contribution in [0.2, 0.25) is 0 Å². The van der Waals surface area contributed by atoms with E-state index in [1.54, 1.807) is 6.92 Å². The second kappa shape index (κ2) is 5.11. The fourth-order valence-electron chi connectivity index (χ4n) is 2.32. The highest BCUT2D eigenvalue weighted by Gasteiger charge is 2.45. The second-order valence-corrected chi connectivity index (χ2v) is 7.05. The first-order valence-electron chi connectivity index (χ1n) is 6.24. The van der Waals surface area contributed by atoms with Crippen LogP contribution in [-0.4, -0.2) is 42.4 Å². The largest absolute Gasteiger partial charge is 0.480 e. The summed E-state index contributed by atoms with van der Waals surface area (Å²) in [5.41, 5.74) is 4.96. The molecule has 0 saturated carbocycles. The van der Waals surface area contributed by atoms with Gasteiger partial charge in [-0.05, 0) is 37.1 Å². The topological polar surface area (TPSA) is 124 Å². The SMILES string of the molecule is Cc1cc(C#N)ccc1S(=O)(=O)N1CCC(N)(C(=O)O)C1. The third-order valence-corrected chi connectivity index (χ3v) is 5.62. The van der Waals surface area contributed by atoms with Crippen molar-refractivity contribution in [3.63, 3.8) is 0 Å². The molecule has 3 N–H and O–H groups in total. The predicted octanol–water partition coefficient (Wildman–Crippen LogP) is 0.0432. The van der Waals surface area contributed by atoms with Crippen LogP contribution >= 0.6 is 0 Å². The van der Waals surface area contributed by atoms with Crippen LogP contribution in [0.25, 0.3) is 0 Å². The van der Waals surface area contributed by atoms with Gasteiger partial charge >= 0.3 is 5.97 Å². The minimum absolute atomic E-state index is 0.0601. The van der Waals surface area contributed by atoms with Gasteiger partial charge in [0.2, 0.25) is 10.0 Å². The zero-order valence-electron chi connectivity index (χ0n) is 11.4. The Hall–Kier alpha value is -1.95. The van der Waals surface area contributed by atoms with Gasteiger partial charge < -0.3 is 10.8 Å². The number of sulfonamides is 1. The number of hydrogen-bond acceptors (Lipinski definition) is 5. The number of carboxylic acid groups (broad SMARTS) is 1. The van der Waals surface area contributed by atoms with Crippen molar-refractivity contribution in [1.29, 1.82) is 5.26 Å². The van der Waals surface area contributed by atoms with Crippen molar-refractivity contribution in [3.8, 4) is 6.07 Å². The first kappa shape index (κ1) is 15.4. The molecule has 0 aliphatic carbocycles. The van der Waals surface area contributed by atoms with Crippen LogP contribution in [0.5, 0.6) is 0 Å². The smallest absolute Gasteiger partial charge is 0.325 e. The summed E-state index contributed by atoms with van der Waals surface area (Å²) >= 11 is 0. The van der Waals surface area contributed by atoms with Gasteiger partial charge in [0.1, 0.15) is 5.54 Å². The Kier molecular flexibility index (Phi) is 3.76. The number of carbonyl (C=O) groups is 1. The van der Waals surface area contributed by atoms with Crippen molar-refractivity contribution >= 4 is 16.0 Å². The minimum atomic E-state index is -3.82. The zero-order valence-corrected chi connectivity index (χ0v) is 12.2. The van der Waals surface area contributed by atoms with E-state index in [-0.39, 0.29) is 24.4 Å². The number of carboxylic acids is 1. The molecule has 7 nitrogen and oxygen atoms in total. The molecule has 2 rings (SSSR count).